The third-order valence-corrected chi connectivity index (χ3v) is 5.56. The van der Waals surface area contributed by atoms with Crippen LogP contribution in [0.2, 0.25) is 0 Å². The molecule has 0 unspecified atom stereocenters. The highest BCUT2D eigenvalue weighted by Crippen LogP contribution is 2.27. The molecule has 7 nitrogen and oxygen atoms in total. The lowest BCUT2D eigenvalue weighted by Crippen LogP contribution is -2.25. The Morgan fingerprint density at radius 2 is 2.24 bits per heavy atom. The van der Waals surface area contributed by atoms with Crippen LogP contribution in [0.15, 0.2) is 22.5 Å². The number of nitrogens with zero attached hydrogens (tertiary/aromatic N) is 2. The van der Waals surface area contributed by atoms with Crippen molar-refractivity contribution in [2.45, 2.75) is 18.4 Å². The molecule has 0 aromatic carbocycles. The standard InChI is InChI=1S/C12H15N3O4S2/c1-8-7-20-10(12(16)19-3)11(8)21(17,18)13-6-9-4-5-15(2)14-9/h4-5,7,13H,6H2,1-3H3. The fraction of sp³-hybridized carbons (Fsp3) is 0.333. The monoisotopic (exact) mass is 329 g/mol. The van der Waals surface area contributed by atoms with Gasteiger partial charge in [-0.2, -0.15) is 5.10 Å². The number of sulfonamides is 1. The van der Waals surface area contributed by atoms with Gasteiger partial charge >= 0.3 is 5.97 Å². The molecule has 0 aliphatic heterocycles. The number of hydrogen-bond donors (Lipinski definition) is 1. The quantitative estimate of drug-likeness (QED) is 0.828. The summed E-state index contributed by atoms with van der Waals surface area (Å²) in [6.07, 6.45) is 1.72. The number of ether oxygens (including phenoxy) is 1. The van der Waals surface area contributed by atoms with Gasteiger partial charge in [-0.25, -0.2) is 17.9 Å². The number of carbonyl (C=O) groups is 1. The fourth-order valence-corrected chi connectivity index (χ4v) is 4.50. The van der Waals surface area contributed by atoms with Gasteiger partial charge in [-0.05, 0) is 23.9 Å². The Morgan fingerprint density at radius 1 is 1.52 bits per heavy atom. The molecule has 0 atom stereocenters. The van der Waals surface area contributed by atoms with Crippen molar-refractivity contribution in [3.05, 3.63) is 33.8 Å². The van der Waals surface area contributed by atoms with Crippen LogP contribution >= 0.6 is 11.3 Å². The summed E-state index contributed by atoms with van der Waals surface area (Å²) in [5.74, 6) is -0.661. The van der Waals surface area contributed by atoms with Gasteiger partial charge in [0.2, 0.25) is 10.0 Å². The smallest absolute Gasteiger partial charge is 0.349 e. The minimum atomic E-state index is -3.81. The number of methoxy groups -OCH3 is 1. The molecule has 0 aliphatic rings. The first-order valence-corrected chi connectivity index (χ1v) is 8.36. The molecule has 9 heteroatoms. The van der Waals surface area contributed by atoms with Gasteiger partial charge in [0.05, 0.1) is 19.3 Å². The zero-order valence-corrected chi connectivity index (χ0v) is 13.4. The lowest BCUT2D eigenvalue weighted by atomic mass is 10.3. The van der Waals surface area contributed by atoms with Crippen molar-refractivity contribution in [3.8, 4) is 0 Å². The van der Waals surface area contributed by atoms with Gasteiger partial charge in [0.1, 0.15) is 9.77 Å². The van der Waals surface area contributed by atoms with E-state index >= 15 is 0 Å². The van der Waals surface area contributed by atoms with Crippen LogP contribution in [-0.2, 0) is 28.4 Å². The van der Waals surface area contributed by atoms with Crippen LogP contribution < -0.4 is 4.72 Å². The van der Waals surface area contributed by atoms with Crippen molar-refractivity contribution in [3.63, 3.8) is 0 Å². The molecule has 114 valence electrons. The molecular weight excluding hydrogens is 314 g/mol. The van der Waals surface area contributed by atoms with E-state index in [0.717, 1.165) is 11.3 Å². The van der Waals surface area contributed by atoms with Gasteiger partial charge in [0, 0.05) is 13.2 Å². The van der Waals surface area contributed by atoms with E-state index in [0.29, 0.717) is 11.3 Å². The van der Waals surface area contributed by atoms with Crippen molar-refractivity contribution < 1.29 is 17.9 Å². The molecule has 2 aromatic rings. The van der Waals surface area contributed by atoms with Crippen LogP contribution in [-0.4, -0.2) is 31.3 Å². The third kappa shape index (κ3) is 3.31. The van der Waals surface area contributed by atoms with E-state index < -0.39 is 16.0 Å². The van der Waals surface area contributed by atoms with Gasteiger partial charge in [-0.1, -0.05) is 0 Å². The van der Waals surface area contributed by atoms with Crippen LogP contribution in [0.25, 0.3) is 0 Å². The van der Waals surface area contributed by atoms with E-state index in [2.05, 4.69) is 14.6 Å². The lowest BCUT2D eigenvalue weighted by Gasteiger charge is -2.07. The molecule has 0 amide bonds. The van der Waals surface area contributed by atoms with Crippen LogP contribution in [0.5, 0.6) is 0 Å². The molecule has 2 aromatic heterocycles. The van der Waals surface area contributed by atoms with Gasteiger partial charge in [-0.3, -0.25) is 4.68 Å². The molecule has 0 radical (unpaired) electrons. The predicted molar refractivity (Wildman–Crippen MR) is 77.6 cm³/mol. The van der Waals surface area contributed by atoms with E-state index in [1.807, 2.05) is 0 Å². The van der Waals surface area contributed by atoms with Crippen molar-refractivity contribution in [2.75, 3.05) is 7.11 Å². The van der Waals surface area contributed by atoms with Crippen molar-refractivity contribution in [2.24, 2.45) is 7.05 Å². The van der Waals surface area contributed by atoms with E-state index in [1.54, 1.807) is 36.3 Å². The van der Waals surface area contributed by atoms with Gasteiger partial charge in [-0.15, -0.1) is 11.3 Å². The second kappa shape index (κ2) is 5.96. The summed E-state index contributed by atoms with van der Waals surface area (Å²) in [5, 5.41) is 5.70. The first-order valence-electron chi connectivity index (χ1n) is 5.99. The summed E-state index contributed by atoms with van der Waals surface area (Å²) in [5.41, 5.74) is 1.10. The minimum absolute atomic E-state index is 0.0321. The third-order valence-electron chi connectivity index (χ3n) is 2.77. The SMILES string of the molecule is COC(=O)c1scc(C)c1S(=O)(=O)NCc1ccn(C)n1. The van der Waals surface area contributed by atoms with E-state index in [-0.39, 0.29) is 16.3 Å². The Morgan fingerprint density at radius 3 is 2.81 bits per heavy atom. The Balaban J connectivity index is 2.27. The van der Waals surface area contributed by atoms with Crippen LogP contribution in [0.4, 0.5) is 0 Å². The predicted octanol–water partition coefficient (Wildman–Crippen LogP) is 1.06. The normalized spacial score (nSPS) is 11.6. The maximum atomic E-state index is 12.4. The van der Waals surface area contributed by atoms with Crippen molar-refractivity contribution in [1.29, 1.82) is 0 Å². The number of thiophene rings is 1. The topological polar surface area (TPSA) is 90.3 Å². The molecule has 0 saturated carbocycles. The molecule has 2 rings (SSSR count). The highest BCUT2D eigenvalue weighted by atomic mass is 32.2. The number of hydrogen-bond acceptors (Lipinski definition) is 6. The summed E-state index contributed by atoms with van der Waals surface area (Å²) in [7, 11) is -0.848. The summed E-state index contributed by atoms with van der Waals surface area (Å²) < 4.78 is 33.4. The van der Waals surface area contributed by atoms with Gasteiger partial charge in [0.25, 0.3) is 0 Å². The average Bonchev–Trinajstić information content (AvgIpc) is 3.02. The summed E-state index contributed by atoms with van der Waals surface area (Å²) in [6.45, 7) is 1.69. The number of carbonyl (C=O) groups excluding carboxylic acids is 1. The Labute approximate surface area is 126 Å². The highest BCUT2D eigenvalue weighted by Gasteiger charge is 2.27. The van der Waals surface area contributed by atoms with E-state index in [9.17, 15) is 13.2 Å². The first kappa shape index (κ1) is 15.7. The largest absolute Gasteiger partial charge is 0.465 e. The molecule has 0 fully saturated rings. The van der Waals surface area contributed by atoms with Gasteiger partial charge in [0.15, 0.2) is 0 Å². The number of nitrogens with one attached hydrogen (secondary N) is 1. The summed E-state index contributed by atoms with van der Waals surface area (Å²) in [4.78, 5) is 11.7. The second-order valence-electron chi connectivity index (χ2n) is 4.37. The molecule has 2 heterocycles. The lowest BCUT2D eigenvalue weighted by molar-refractivity contribution is 0.0602. The fourth-order valence-electron chi connectivity index (χ4n) is 1.80. The molecule has 0 bridgehead atoms. The summed E-state index contributed by atoms with van der Waals surface area (Å²) >= 11 is 1.05. The minimum Gasteiger partial charge on any atom is -0.465 e. The van der Waals surface area contributed by atoms with Crippen LogP contribution in [0.1, 0.15) is 20.9 Å². The zero-order chi connectivity index (χ0) is 15.6. The van der Waals surface area contributed by atoms with Crippen LogP contribution in [0, 0.1) is 6.92 Å². The van der Waals surface area contributed by atoms with Crippen molar-refractivity contribution >= 4 is 27.3 Å². The van der Waals surface area contributed by atoms with Gasteiger partial charge < -0.3 is 4.74 Å². The molecule has 1 N–H and O–H groups in total. The molecular formula is C12H15N3O4S2. The van der Waals surface area contributed by atoms with Crippen LogP contribution in [0.3, 0.4) is 0 Å². The molecule has 0 saturated heterocycles. The zero-order valence-electron chi connectivity index (χ0n) is 11.8. The van der Waals surface area contributed by atoms with E-state index in [1.165, 1.54) is 7.11 Å². The number of rotatable bonds is 5. The Hall–Kier alpha value is -1.71. The molecule has 0 spiro atoms. The number of aromatic nitrogens is 2. The van der Waals surface area contributed by atoms with Crippen molar-refractivity contribution in [1.82, 2.24) is 14.5 Å². The van der Waals surface area contributed by atoms with E-state index in [4.69, 9.17) is 0 Å². The first-order chi connectivity index (χ1) is 9.85. The molecule has 21 heavy (non-hydrogen) atoms. The Bertz CT molecular complexity index is 761. The maximum Gasteiger partial charge on any atom is 0.349 e. The Kier molecular flexibility index (Phi) is 4.45. The number of aryl methyl sites for hydroxylation is 2. The number of esters is 1. The highest BCUT2D eigenvalue weighted by molar-refractivity contribution is 7.89. The maximum absolute atomic E-state index is 12.4. The molecule has 0 aliphatic carbocycles. The average molecular weight is 329 g/mol. The summed E-state index contributed by atoms with van der Waals surface area (Å²) in [6, 6.07) is 1.71. The second-order valence-corrected chi connectivity index (χ2v) is 6.96.